The van der Waals surface area contributed by atoms with E-state index in [0.29, 0.717) is 11.4 Å². The molecule has 4 aromatic rings. The third-order valence-electron chi connectivity index (χ3n) is 4.48. The van der Waals surface area contributed by atoms with E-state index >= 15 is 0 Å². The highest BCUT2D eigenvalue weighted by molar-refractivity contribution is 6.28. The van der Waals surface area contributed by atoms with Crippen LogP contribution in [0.4, 0.5) is 43.2 Å². The number of benzene rings is 2. The summed E-state index contributed by atoms with van der Waals surface area (Å²) in [4.78, 5) is 35.9. The summed E-state index contributed by atoms with van der Waals surface area (Å²) in [6.07, 6.45) is 1.85. The predicted molar refractivity (Wildman–Crippen MR) is 132 cm³/mol. The van der Waals surface area contributed by atoms with Gasteiger partial charge in [-0.25, -0.2) is 18.7 Å². The number of non-ortho nitro benzene ring substituents is 2. The molecule has 190 valence electrons. The minimum Gasteiger partial charge on any atom is -0.337 e. The van der Waals surface area contributed by atoms with Crippen LogP contribution in [0.2, 0.25) is 10.6 Å². The first-order valence-corrected chi connectivity index (χ1v) is 10.7. The normalized spacial score (nSPS) is 10.2. The molecule has 2 heterocycles. The van der Waals surface area contributed by atoms with Crippen LogP contribution in [0.3, 0.4) is 0 Å². The second kappa shape index (κ2) is 11.9. The maximum atomic E-state index is 13.6. The molecule has 37 heavy (non-hydrogen) atoms. The van der Waals surface area contributed by atoms with Gasteiger partial charge in [0.1, 0.15) is 0 Å². The van der Waals surface area contributed by atoms with E-state index in [0.717, 1.165) is 12.4 Å². The number of nitro groups is 2. The number of anilines is 4. The number of hydrogen-bond acceptors (Lipinski definition) is 10. The molecule has 2 aromatic heterocycles. The maximum Gasteiger partial charge on any atom is 0.271 e. The standard InChI is InChI=1S/C11H8ClFN4O2.C10H6ClFN4O2/c1-16(10-9(13)6-14-11(12)15-10)7-3-2-4-8(5-7)17(18)19;11-10-13-5-8(12)9(15-10)14-6-2-1-3-7(4-6)16(17)18/h2-6H,1H3;1-5H,(H,13,14,15). The Balaban J connectivity index is 0.000000206. The number of nitro benzene ring substituents is 2. The Morgan fingerprint density at radius 2 is 1.43 bits per heavy atom. The smallest absolute Gasteiger partial charge is 0.271 e. The fraction of sp³-hybridized carbons (Fsp3) is 0.0476. The Kier molecular flexibility index (Phi) is 8.71. The van der Waals surface area contributed by atoms with Crippen molar-refractivity contribution in [3.8, 4) is 0 Å². The van der Waals surface area contributed by atoms with Crippen molar-refractivity contribution in [2.24, 2.45) is 0 Å². The summed E-state index contributed by atoms with van der Waals surface area (Å²) in [5.74, 6) is -1.57. The molecule has 0 radical (unpaired) electrons. The van der Waals surface area contributed by atoms with Crippen molar-refractivity contribution >= 4 is 57.6 Å². The monoisotopic (exact) mass is 550 g/mol. The van der Waals surface area contributed by atoms with Crippen molar-refractivity contribution in [1.29, 1.82) is 0 Å². The zero-order chi connectivity index (χ0) is 27.1. The van der Waals surface area contributed by atoms with Crippen molar-refractivity contribution < 1.29 is 18.6 Å². The van der Waals surface area contributed by atoms with Gasteiger partial charge in [0.15, 0.2) is 23.3 Å². The molecule has 0 unspecified atom stereocenters. The third kappa shape index (κ3) is 7.22. The topological polar surface area (TPSA) is 153 Å². The van der Waals surface area contributed by atoms with Crippen molar-refractivity contribution in [2.75, 3.05) is 17.3 Å². The highest BCUT2D eigenvalue weighted by atomic mass is 35.5. The van der Waals surface area contributed by atoms with E-state index in [1.54, 1.807) is 12.1 Å². The predicted octanol–water partition coefficient (Wildman–Crippen LogP) is 5.87. The van der Waals surface area contributed by atoms with Crippen LogP contribution in [-0.2, 0) is 0 Å². The minimum atomic E-state index is -0.703. The van der Waals surface area contributed by atoms with E-state index in [4.69, 9.17) is 23.2 Å². The molecule has 0 spiro atoms. The molecule has 12 nitrogen and oxygen atoms in total. The first kappa shape index (κ1) is 27.0. The molecular weight excluding hydrogens is 537 g/mol. The van der Waals surface area contributed by atoms with Gasteiger partial charge in [0, 0.05) is 42.7 Å². The molecule has 0 saturated heterocycles. The zero-order valence-electron chi connectivity index (χ0n) is 18.5. The first-order valence-electron chi connectivity index (χ1n) is 9.91. The summed E-state index contributed by atoms with van der Waals surface area (Å²) < 4.78 is 26.9. The van der Waals surface area contributed by atoms with Gasteiger partial charge >= 0.3 is 0 Å². The quantitative estimate of drug-likeness (QED) is 0.175. The highest BCUT2D eigenvalue weighted by Crippen LogP contribution is 2.27. The Hall–Kier alpha value is -4.56. The molecule has 0 fully saturated rings. The lowest BCUT2D eigenvalue weighted by atomic mass is 10.2. The van der Waals surface area contributed by atoms with Crippen LogP contribution >= 0.6 is 23.2 Å². The Morgan fingerprint density at radius 3 is 2.08 bits per heavy atom. The third-order valence-corrected chi connectivity index (χ3v) is 4.84. The molecule has 0 saturated carbocycles. The molecule has 0 aliphatic heterocycles. The van der Waals surface area contributed by atoms with Crippen LogP contribution in [0.25, 0.3) is 0 Å². The van der Waals surface area contributed by atoms with Crippen LogP contribution in [0.15, 0.2) is 60.9 Å². The first-order chi connectivity index (χ1) is 17.5. The molecule has 4 rings (SSSR count). The van der Waals surface area contributed by atoms with Gasteiger partial charge in [-0.05, 0) is 35.3 Å². The second-order valence-corrected chi connectivity index (χ2v) is 7.59. The lowest BCUT2D eigenvalue weighted by Crippen LogP contribution is -2.13. The average molecular weight is 551 g/mol. The van der Waals surface area contributed by atoms with Gasteiger partial charge in [0.2, 0.25) is 10.6 Å². The van der Waals surface area contributed by atoms with Crippen molar-refractivity contribution in [1.82, 2.24) is 19.9 Å². The summed E-state index contributed by atoms with van der Waals surface area (Å²) in [6.45, 7) is 0. The van der Waals surface area contributed by atoms with Crippen molar-refractivity contribution in [2.45, 2.75) is 0 Å². The molecular formula is C21H14Cl2F2N8O4. The van der Waals surface area contributed by atoms with Crippen LogP contribution in [-0.4, -0.2) is 36.8 Å². The summed E-state index contributed by atoms with van der Waals surface area (Å²) >= 11 is 11.1. The number of aromatic nitrogens is 4. The summed E-state index contributed by atoms with van der Waals surface area (Å²) in [5.41, 5.74) is 0.547. The highest BCUT2D eigenvalue weighted by Gasteiger charge is 2.15. The van der Waals surface area contributed by atoms with E-state index in [-0.39, 0.29) is 33.6 Å². The van der Waals surface area contributed by atoms with Gasteiger partial charge in [-0.15, -0.1) is 0 Å². The Labute approximate surface area is 216 Å². The number of hydrogen-bond donors (Lipinski definition) is 1. The van der Waals surface area contributed by atoms with E-state index in [2.05, 4.69) is 25.3 Å². The van der Waals surface area contributed by atoms with Gasteiger partial charge in [0.05, 0.1) is 22.2 Å². The number of nitrogens with zero attached hydrogens (tertiary/aromatic N) is 7. The SMILES string of the molecule is CN(c1cccc([N+](=O)[O-])c1)c1nc(Cl)ncc1F.O=[N+]([O-])c1cccc(Nc2nc(Cl)ncc2F)c1. The second-order valence-electron chi connectivity index (χ2n) is 6.91. The van der Waals surface area contributed by atoms with E-state index in [1.807, 2.05) is 0 Å². The zero-order valence-corrected chi connectivity index (χ0v) is 20.1. The molecule has 0 aliphatic rings. The van der Waals surface area contributed by atoms with Gasteiger partial charge in [0.25, 0.3) is 11.4 Å². The van der Waals surface area contributed by atoms with Gasteiger partial charge in [-0.3, -0.25) is 20.2 Å². The maximum absolute atomic E-state index is 13.6. The number of rotatable bonds is 6. The van der Waals surface area contributed by atoms with E-state index < -0.39 is 21.5 Å². The molecule has 0 aliphatic carbocycles. The fourth-order valence-corrected chi connectivity index (χ4v) is 3.04. The number of halogens is 4. The average Bonchev–Trinajstić information content (AvgIpc) is 2.88. The van der Waals surface area contributed by atoms with Gasteiger partial charge in [-0.2, -0.15) is 9.97 Å². The summed E-state index contributed by atoms with van der Waals surface area (Å²) in [7, 11) is 1.53. The van der Waals surface area contributed by atoms with E-state index in [1.165, 1.54) is 48.3 Å². The fourth-order valence-electron chi connectivity index (χ4n) is 2.78. The summed E-state index contributed by atoms with van der Waals surface area (Å²) in [5, 5.41) is 23.7. The molecule has 2 aromatic carbocycles. The van der Waals surface area contributed by atoms with Crippen molar-refractivity contribution in [3.63, 3.8) is 0 Å². The van der Waals surface area contributed by atoms with E-state index in [9.17, 15) is 29.0 Å². The lowest BCUT2D eigenvalue weighted by Gasteiger charge is -2.18. The Morgan fingerprint density at radius 1 is 0.865 bits per heavy atom. The Bertz CT molecular complexity index is 1460. The number of nitrogens with one attached hydrogen (secondary N) is 1. The van der Waals surface area contributed by atoms with Crippen LogP contribution < -0.4 is 10.2 Å². The molecule has 0 bridgehead atoms. The van der Waals surface area contributed by atoms with Gasteiger partial charge < -0.3 is 10.2 Å². The van der Waals surface area contributed by atoms with Gasteiger partial charge in [-0.1, -0.05) is 12.1 Å². The molecule has 0 atom stereocenters. The molecule has 16 heteroatoms. The largest absolute Gasteiger partial charge is 0.337 e. The molecule has 0 amide bonds. The molecule has 1 N–H and O–H groups in total. The summed E-state index contributed by atoms with van der Waals surface area (Å²) in [6, 6.07) is 11.4. The van der Waals surface area contributed by atoms with Crippen LogP contribution in [0, 0.1) is 31.9 Å². The van der Waals surface area contributed by atoms with Crippen LogP contribution in [0.5, 0.6) is 0 Å². The lowest BCUT2D eigenvalue weighted by molar-refractivity contribution is -0.385. The minimum absolute atomic E-state index is 0.0551. The van der Waals surface area contributed by atoms with Crippen LogP contribution in [0.1, 0.15) is 0 Å². The van der Waals surface area contributed by atoms with Crippen molar-refractivity contribution in [3.05, 3.63) is 103 Å².